The maximum Gasteiger partial charge on any atom is 0.547 e. The van der Waals surface area contributed by atoms with E-state index in [4.69, 9.17) is 41.8 Å². The van der Waals surface area contributed by atoms with Crippen LogP contribution in [0.3, 0.4) is 0 Å². The van der Waals surface area contributed by atoms with Crippen LogP contribution in [0, 0.1) is 0 Å². The summed E-state index contributed by atoms with van der Waals surface area (Å²) in [4.78, 5) is 13.3. The fourth-order valence-electron chi connectivity index (χ4n) is 3.07. The quantitative estimate of drug-likeness (QED) is 0.0500. The molecule has 0 aliphatic rings. The molecule has 21 heteroatoms. The van der Waals surface area contributed by atoms with Crippen LogP contribution in [0.2, 0.25) is 116 Å². The van der Waals surface area contributed by atoms with Crippen molar-refractivity contribution in [1.82, 2.24) is 0 Å². The summed E-state index contributed by atoms with van der Waals surface area (Å²) in [7, 11) is -25.4. The summed E-state index contributed by atoms with van der Waals surface area (Å²) >= 11 is 0. The molecule has 0 amide bonds. The molecule has 1 unspecified atom stereocenters. The minimum absolute atomic E-state index is 0.250. The van der Waals surface area contributed by atoms with E-state index in [1.807, 2.05) is 6.92 Å². The Morgan fingerprint density at radius 1 is 0.510 bits per heavy atom. The van der Waals surface area contributed by atoms with Crippen molar-refractivity contribution in [2.45, 2.75) is 163 Å². The molecule has 289 valence electrons. The van der Waals surface area contributed by atoms with Crippen molar-refractivity contribution in [2.24, 2.45) is 0 Å². The first kappa shape index (κ1) is 50.0. The number of hydrogen-bond acceptors (Lipinski definition) is 11. The first-order valence-electron chi connectivity index (χ1n) is 17.5. The molecular formula is C28H71O11Si10. The lowest BCUT2D eigenvalue weighted by Gasteiger charge is -2.43. The molecule has 0 saturated carbocycles. The summed E-state index contributed by atoms with van der Waals surface area (Å²) in [5.41, 5.74) is -0.724. The average molecular weight is 865 g/mol. The summed E-state index contributed by atoms with van der Waals surface area (Å²) in [5.74, 6) is -0.572. The highest BCUT2D eigenvalue weighted by molar-refractivity contribution is 6.88. The van der Waals surface area contributed by atoms with Crippen LogP contribution in [0.15, 0.2) is 12.2 Å². The van der Waals surface area contributed by atoms with Crippen LogP contribution in [0.25, 0.3) is 0 Å². The van der Waals surface area contributed by atoms with Crippen molar-refractivity contribution in [3.05, 3.63) is 12.2 Å². The van der Waals surface area contributed by atoms with E-state index in [9.17, 15) is 4.79 Å². The van der Waals surface area contributed by atoms with Gasteiger partial charge in [0, 0.05) is 5.57 Å². The number of ether oxygens (including phenoxy) is 1. The van der Waals surface area contributed by atoms with Crippen molar-refractivity contribution in [3.63, 3.8) is 0 Å². The number of hydrogen-bond donors (Lipinski definition) is 0. The Morgan fingerprint density at radius 2 is 0.776 bits per heavy atom. The first-order chi connectivity index (χ1) is 21.8. The van der Waals surface area contributed by atoms with E-state index in [1.165, 1.54) is 0 Å². The normalized spacial score (nSPS) is 15.0. The van der Waals surface area contributed by atoms with Gasteiger partial charge in [0.15, 0.2) is 55.6 Å². The Labute approximate surface area is 313 Å². The number of carbonyl (C=O) groups excluding carboxylic acids is 1. The molecule has 11 nitrogen and oxygen atoms in total. The van der Waals surface area contributed by atoms with Crippen molar-refractivity contribution in [2.75, 3.05) is 0 Å². The Balaban J connectivity index is 8.02. The molecule has 0 heterocycles. The van der Waals surface area contributed by atoms with Gasteiger partial charge < -0.3 is 41.8 Å². The monoisotopic (exact) mass is 863 g/mol. The van der Waals surface area contributed by atoms with Gasteiger partial charge in [0.25, 0.3) is 0 Å². The van der Waals surface area contributed by atoms with Gasteiger partial charge in [-0.05, 0) is 130 Å². The molecule has 0 fully saturated rings. The summed E-state index contributed by atoms with van der Waals surface area (Å²) in [6.45, 7) is 45.4. The number of carbonyl (C=O) groups is 1. The van der Waals surface area contributed by atoms with Gasteiger partial charge in [0.1, 0.15) is 0 Å². The molecule has 0 bridgehead atoms. The minimum Gasteiger partial charge on any atom is -0.455 e. The van der Waals surface area contributed by atoms with Crippen LogP contribution < -0.4 is 0 Å². The maximum atomic E-state index is 13.3. The Kier molecular flexibility index (Phi) is 20.5. The minimum atomic E-state index is -4.32. The zero-order chi connectivity index (χ0) is 38.9. The van der Waals surface area contributed by atoms with E-state index >= 15 is 0 Å². The second-order valence-corrected chi connectivity index (χ2v) is 53.1. The second-order valence-electron chi connectivity index (χ2n) is 17.0. The van der Waals surface area contributed by atoms with Gasteiger partial charge in [0.2, 0.25) is 0 Å². The van der Waals surface area contributed by atoms with E-state index < -0.39 is 99.0 Å². The predicted molar refractivity (Wildman–Crippen MR) is 222 cm³/mol. The van der Waals surface area contributed by atoms with Gasteiger partial charge in [-0.15, -0.1) is 0 Å². The maximum absolute atomic E-state index is 13.3. The highest BCUT2D eigenvalue weighted by Gasteiger charge is 2.62. The van der Waals surface area contributed by atoms with Crippen LogP contribution in [0.4, 0.5) is 0 Å². The Morgan fingerprint density at radius 3 is 0.959 bits per heavy atom. The predicted octanol–water partition coefficient (Wildman–Crippen LogP) is 8.65. The Bertz CT molecular complexity index is 932. The van der Waals surface area contributed by atoms with Crippen molar-refractivity contribution < 1.29 is 46.6 Å². The van der Waals surface area contributed by atoms with E-state index in [1.54, 1.807) is 6.92 Å². The van der Waals surface area contributed by atoms with Gasteiger partial charge in [-0.1, -0.05) is 34.3 Å². The molecule has 0 spiro atoms. The Hall–Kier alpha value is 1.02. The zero-order valence-corrected chi connectivity index (χ0v) is 44.6. The molecular weight excluding hydrogens is 793 g/mol. The fourth-order valence-corrected chi connectivity index (χ4v) is 27.8. The van der Waals surface area contributed by atoms with E-state index in [0.29, 0.717) is 6.42 Å². The standard InChI is InChI=1S/C28H71O11Si10/c1-22-27(30-28(29)26(5)6)49(37-40(31-43(7,8)9)34-46(16,17)23-2,38-41(32-44(10,11)12)35-47(18,19)24-3)39-42(33-45(13,14)15)36-48(20,21)25-4/h27H,5,22-25H2,1-4,6-21H3. The van der Waals surface area contributed by atoms with E-state index in [2.05, 4.69) is 126 Å². The number of rotatable bonds is 25. The highest BCUT2D eigenvalue weighted by atomic mass is 28.5. The smallest absolute Gasteiger partial charge is 0.455 e. The lowest BCUT2D eigenvalue weighted by Crippen LogP contribution is -2.68. The van der Waals surface area contributed by atoms with Crippen LogP contribution in [-0.4, -0.2) is 99.0 Å². The molecule has 0 aromatic heterocycles. The summed E-state index contributed by atoms with van der Waals surface area (Å²) in [6.07, 6.45) is 0.315. The third kappa shape index (κ3) is 21.5. The second kappa shape index (κ2) is 20.1. The van der Waals surface area contributed by atoms with Gasteiger partial charge in [-0.2, -0.15) is 0 Å². The molecule has 0 aromatic rings. The average Bonchev–Trinajstić information content (AvgIpc) is 2.87. The molecule has 3 radical (unpaired) electrons. The first-order valence-corrected chi connectivity index (χ1v) is 42.6. The summed E-state index contributed by atoms with van der Waals surface area (Å²) in [5, 5.41) is 0. The number of esters is 1. The van der Waals surface area contributed by atoms with Crippen molar-refractivity contribution in [3.8, 4) is 0 Å². The largest absolute Gasteiger partial charge is 0.547 e. The molecule has 0 saturated heterocycles. The third-order valence-corrected chi connectivity index (χ3v) is 36.7. The topological polar surface area (TPSA) is 109 Å². The fraction of sp³-hybridized carbons (Fsp3) is 0.893. The van der Waals surface area contributed by atoms with Gasteiger partial charge in [0.05, 0.1) is 0 Å². The van der Waals surface area contributed by atoms with Crippen LogP contribution in [0.1, 0.15) is 41.0 Å². The molecule has 0 aliphatic heterocycles. The van der Waals surface area contributed by atoms with Crippen LogP contribution >= 0.6 is 0 Å². The molecule has 0 N–H and O–H groups in total. The van der Waals surface area contributed by atoms with Crippen molar-refractivity contribution >= 4 is 93.3 Å². The molecule has 1 atom stereocenters. The van der Waals surface area contributed by atoms with Gasteiger partial charge in [-0.25, -0.2) is 4.79 Å². The van der Waals surface area contributed by atoms with Crippen LogP contribution in [0.5, 0.6) is 0 Å². The van der Waals surface area contributed by atoms with Gasteiger partial charge >= 0.3 is 43.4 Å². The van der Waals surface area contributed by atoms with Crippen molar-refractivity contribution in [1.29, 1.82) is 0 Å². The van der Waals surface area contributed by atoms with E-state index in [0.717, 1.165) is 18.1 Å². The van der Waals surface area contributed by atoms with E-state index in [-0.39, 0.29) is 5.57 Å². The molecule has 0 aliphatic carbocycles. The molecule has 0 aromatic carbocycles. The lowest BCUT2D eigenvalue weighted by atomic mass is 10.4. The summed E-state index contributed by atoms with van der Waals surface area (Å²) in [6, 6.07) is 2.54. The van der Waals surface area contributed by atoms with Gasteiger partial charge in [-0.3, -0.25) is 0 Å². The third-order valence-electron chi connectivity index (χ3n) is 6.84. The molecule has 0 rings (SSSR count). The zero-order valence-electron chi connectivity index (χ0n) is 34.6. The molecule has 49 heavy (non-hydrogen) atoms. The highest BCUT2D eigenvalue weighted by Crippen LogP contribution is 2.31. The SMILES string of the molecule is C=C(C)C(=O)OC(CC)[Si](O[Si](O[Si](C)(C)C)O[Si](C)(C)CC)(O[Si](O[Si](C)(C)C)O[Si](C)(C)CC)O[Si](O[Si](C)(C)C)O[Si](C)(C)CC. The summed E-state index contributed by atoms with van der Waals surface area (Å²) < 4.78 is 68.4. The van der Waals surface area contributed by atoms with Crippen LogP contribution in [-0.2, 0) is 46.6 Å². The lowest BCUT2D eigenvalue weighted by molar-refractivity contribution is -0.143.